The number of aliphatic imine (C=N–C) groups is 1. The number of aromatic carboxylic acids is 1. The molecule has 6 nitrogen and oxygen atoms in total. The maximum atomic E-state index is 13.0. The fraction of sp³-hybridized carbons (Fsp3) is 0.0690. The van der Waals surface area contributed by atoms with Crippen molar-refractivity contribution in [1.29, 1.82) is 0 Å². The summed E-state index contributed by atoms with van der Waals surface area (Å²) in [5, 5.41) is 11.9. The monoisotopic (exact) mass is 494 g/mol. The molecule has 4 aromatic carbocycles. The third-order valence-electron chi connectivity index (χ3n) is 5.76. The smallest absolute Gasteiger partial charge is 0.335 e. The second-order valence-electron chi connectivity index (χ2n) is 8.23. The van der Waals surface area contributed by atoms with Crippen LogP contribution in [0.5, 0.6) is 5.75 Å². The lowest BCUT2D eigenvalue weighted by Crippen LogP contribution is -2.23. The van der Waals surface area contributed by atoms with Gasteiger partial charge in [-0.15, -0.1) is 0 Å². The van der Waals surface area contributed by atoms with Crippen LogP contribution in [0.2, 0.25) is 0 Å². The molecule has 1 N–H and O–H groups in total. The minimum absolute atomic E-state index is 0.126. The van der Waals surface area contributed by atoms with Crippen molar-refractivity contribution in [3.05, 3.63) is 113 Å². The summed E-state index contributed by atoms with van der Waals surface area (Å²) >= 11 is 1.33. The van der Waals surface area contributed by atoms with Crippen LogP contribution in [-0.4, -0.2) is 34.1 Å². The standard InChI is InChI=1S/C29H22N2O4S/c1-31-27(32)26(36-29(31)30-24-15-14-20-6-2-3-7-22(20)16-24)17-23-8-4-5-9-25(23)35-18-19-10-12-21(13-11-19)28(33)34/h2-17H,18H2,1H3,(H,33,34)/b26-17-,30-29?. The molecule has 0 radical (unpaired) electrons. The minimum atomic E-state index is -0.966. The van der Waals surface area contributed by atoms with E-state index in [1.807, 2.05) is 66.7 Å². The molecule has 0 spiro atoms. The highest BCUT2D eigenvalue weighted by atomic mass is 32.2. The molecule has 0 aliphatic carbocycles. The number of carbonyl (C=O) groups is 2. The Morgan fingerprint density at radius 3 is 2.47 bits per heavy atom. The molecule has 1 aliphatic heterocycles. The molecule has 1 fully saturated rings. The predicted octanol–water partition coefficient (Wildman–Crippen LogP) is 6.35. The zero-order chi connectivity index (χ0) is 25.1. The molecule has 1 aliphatic rings. The molecule has 0 saturated carbocycles. The Bertz CT molecular complexity index is 1530. The summed E-state index contributed by atoms with van der Waals surface area (Å²) in [5.74, 6) is -0.464. The van der Waals surface area contributed by atoms with E-state index in [-0.39, 0.29) is 18.1 Å². The van der Waals surface area contributed by atoms with Gasteiger partial charge in [0.1, 0.15) is 12.4 Å². The van der Waals surface area contributed by atoms with Crippen molar-refractivity contribution in [2.45, 2.75) is 6.61 Å². The number of thioether (sulfide) groups is 1. The lowest BCUT2D eigenvalue weighted by Gasteiger charge is -2.10. The number of amides is 1. The zero-order valence-electron chi connectivity index (χ0n) is 19.4. The lowest BCUT2D eigenvalue weighted by molar-refractivity contribution is -0.121. The number of carboxylic acid groups (broad SMARTS) is 1. The molecule has 0 aromatic heterocycles. The van der Waals surface area contributed by atoms with Gasteiger partial charge < -0.3 is 9.84 Å². The van der Waals surface area contributed by atoms with E-state index in [1.54, 1.807) is 36.2 Å². The van der Waals surface area contributed by atoms with Gasteiger partial charge in [0.15, 0.2) is 5.17 Å². The van der Waals surface area contributed by atoms with Crippen molar-refractivity contribution in [1.82, 2.24) is 4.90 Å². The van der Waals surface area contributed by atoms with Crippen molar-refractivity contribution in [2.24, 2.45) is 4.99 Å². The number of carboxylic acids is 1. The van der Waals surface area contributed by atoms with Gasteiger partial charge in [0.25, 0.3) is 5.91 Å². The van der Waals surface area contributed by atoms with Crippen molar-refractivity contribution < 1.29 is 19.4 Å². The Labute approximate surface area is 212 Å². The first-order valence-electron chi connectivity index (χ1n) is 11.3. The first-order valence-corrected chi connectivity index (χ1v) is 12.1. The van der Waals surface area contributed by atoms with Crippen LogP contribution >= 0.6 is 11.8 Å². The number of ether oxygens (including phenoxy) is 1. The van der Waals surface area contributed by atoms with E-state index in [9.17, 15) is 9.59 Å². The molecule has 1 heterocycles. The molecule has 0 bridgehead atoms. The van der Waals surface area contributed by atoms with E-state index in [4.69, 9.17) is 14.8 Å². The second kappa shape index (κ2) is 10.1. The van der Waals surface area contributed by atoms with E-state index in [0.717, 1.165) is 27.6 Å². The quantitative estimate of drug-likeness (QED) is 0.316. The largest absolute Gasteiger partial charge is 0.488 e. The van der Waals surface area contributed by atoms with Gasteiger partial charge in [0, 0.05) is 12.6 Å². The fourth-order valence-electron chi connectivity index (χ4n) is 3.79. The van der Waals surface area contributed by atoms with Crippen LogP contribution in [0.4, 0.5) is 5.69 Å². The van der Waals surface area contributed by atoms with Gasteiger partial charge in [-0.25, -0.2) is 9.79 Å². The van der Waals surface area contributed by atoms with Crippen molar-refractivity contribution in [3.8, 4) is 5.75 Å². The molecule has 178 valence electrons. The van der Waals surface area contributed by atoms with Gasteiger partial charge in [-0.3, -0.25) is 9.69 Å². The summed E-state index contributed by atoms with van der Waals surface area (Å²) < 4.78 is 6.00. The number of carbonyl (C=O) groups excluding carboxylic acids is 1. The molecule has 1 amide bonds. The zero-order valence-corrected chi connectivity index (χ0v) is 20.2. The van der Waals surface area contributed by atoms with E-state index in [0.29, 0.717) is 15.8 Å². The summed E-state index contributed by atoms with van der Waals surface area (Å²) in [7, 11) is 1.72. The number of nitrogens with zero attached hydrogens (tertiary/aromatic N) is 2. The van der Waals surface area contributed by atoms with Crippen molar-refractivity contribution in [3.63, 3.8) is 0 Å². The molecule has 0 unspecified atom stereocenters. The Balaban J connectivity index is 1.35. The van der Waals surface area contributed by atoms with Crippen LogP contribution in [0.25, 0.3) is 16.8 Å². The maximum absolute atomic E-state index is 13.0. The highest BCUT2D eigenvalue weighted by Gasteiger charge is 2.30. The Hall–Kier alpha value is -4.36. The topological polar surface area (TPSA) is 79.2 Å². The third kappa shape index (κ3) is 5.01. The van der Waals surface area contributed by atoms with Crippen LogP contribution in [0.3, 0.4) is 0 Å². The number of hydrogen-bond donors (Lipinski definition) is 1. The van der Waals surface area contributed by atoms with E-state index >= 15 is 0 Å². The minimum Gasteiger partial charge on any atom is -0.488 e. The van der Waals surface area contributed by atoms with E-state index in [2.05, 4.69) is 6.07 Å². The van der Waals surface area contributed by atoms with Gasteiger partial charge in [-0.05, 0) is 64.5 Å². The average Bonchev–Trinajstić information content (AvgIpc) is 3.16. The van der Waals surface area contributed by atoms with Gasteiger partial charge in [-0.2, -0.15) is 0 Å². The van der Waals surface area contributed by atoms with Crippen molar-refractivity contribution in [2.75, 3.05) is 7.05 Å². The van der Waals surface area contributed by atoms with Crippen LogP contribution in [0, 0.1) is 0 Å². The summed E-state index contributed by atoms with van der Waals surface area (Å²) in [6.07, 6.45) is 1.81. The second-order valence-corrected chi connectivity index (χ2v) is 9.24. The summed E-state index contributed by atoms with van der Waals surface area (Å²) in [4.78, 5) is 30.8. The number of likely N-dealkylation sites (N-methyl/N-ethyl adjacent to an activating group) is 1. The molecule has 0 atom stereocenters. The normalized spacial score (nSPS) is 15.7. The van der Waals surface area contributed by atoms with E-state index < -0.39 is 5.97 Å². The Kier molecular flexibility index (Phi) is 6.56. The van der Waals surface area contributed by atoms with Crippen molar-refractivity contribution >= 4 is 51.3 Å². The third-order valence-corrected chi connectivity index (χ3v) is 6.82. The van der Waals surface area contributed by atoms with Crippen LogP contribution in [0.15, 0.2) is 101 Å². The van der Waals surface area contributed by atoms with Crippen LogP contribution < -0.4 is 4.74 Å². The number of para-hydroxylation sites is 1. The Morgan fingerprint density at radius 2 is 1.69 bits per heavy atom. The van der Waals surface area contributed by atoms with Gasteiger partial charge in [-0.1, -0.05) is 60.7 Å². The van der Waals surface area contributed by atoms with Gasteiger partial charge in [0.05, 0.1) is 16.2 Å². The lowest BCUT2D eigenvalue weighted by atomic mass is 10.1. The number of hydrogen-bond acceptors (Lipinski definition) is 5. The molecule has 1 saturated heterocycles. The van der Waals surface area contributed by atoms with Crippen LogP contribution in [-0.2, 0) is 11.4 Å². The van der Waals surface area contributed by atoms with Gasteiger partial charge in [0.2, 0.25) is 0 Å². The number of benzene rings is 4. The van der Waals surface area contributed by atoms with Gasteiger partial charge >= 0.3 is 5.97 Å². The van der Waals surface area contributed by atoms with E-state index in [1.165, 1.54) is 11.8 Å². The fourth-order valence-corrected chi connectivity index (χ4v) is 4.76. The summed E-state index contributed by atoms with van der Waals surface area (Å²) in [6.45, 7) is 0.274. The summed E-state index contributed by atoms with van der Waals surface area (Å²) in [5.41, 5.74) is 2.63. The predicted molar refractivity (Wildman–Crippen MR) is 144 cm³/mol. The first-order chi connectivity index (χ1) is 17.5. The molecule has 4 aromatic rings. The highest BCUT2D eigenvalue weighted by molar-refractivity contribution is 8.18. The molecule has 7 heteroatoms. The summed E-state index contributed by atoms with van der Waals surface area (Å²) in [6, 6.07) is 28.1. The molecular formula is C29H22N2O4S. The number of fused-ring (bicyclic) bond motifs is 1. The average molecular weight is 495 g/mol. The highest BCUT2D eigenvalue weighted by Crippen LogP contribution is 2.35. The number of amidine groups is 1. The number of rotatable bonds is 6. The first kappa shape index (κ1) is 23.4. The Morgan fingerprint density at radius 1 is 0.972 bits per heavy atom. The van der Waals surface area contributed by atoms with Crippen LogP contribution in [0.1, 0.15) is 21.5 Å². The maximum Gasteiger partial charge on any atom is 0.335 e. The molecule has 5 rings (SSSR count). The molecule has 36 heavy (non-hydrogen) atoms. The SMILES string of the molecule is CN1C(=O)/C(=C/c2ccccc2OCc2ccc(C(=O)O)cc2)SC1=Nc1ccc2ccccc2c1. The molecular weight excluding hydrogens is 472 g/mol.